The van der Waals surface area contributed by atoms with Crippen LogP contribution in [0.5, 0.6) is 0 Å². The second kappa shape index (κ2) is 7.55. The van der Waals surface area contributed by atoms with Crippen LogP contribution in [0.1, 0.15) is 26.2 Å². The Bertz CT molecular complexity index is 194. The Kier molecular flexibility index (Phi) is 6.92. The van der Waals surface area contributed by atoms with Crippen LogP contribution < -0.4 is 0 Å². The van der Waals surface area contributed by atoms with Crippen LogP contribution >= 0.6 is 0 Å². The highest BCUT2D eigenvalue weighted by molar-refractivity contribution is 5.67. The molecule has 0 amide bonds. The second-order valence-electron chi connectivity index (χ2n) is 2.78. The van der Waals surface area contributed by atoms with Crippen molar-refractivity contribution in [2.24, 2.45) is 0 Å². The first kappa shape index (κ1) is 11.9. The normalized spacial score (nSPS) is 14.0. The third-order valence-corrected chi connectivity index (χ3v) is 1.52. The van der Waals surface area contributed by atoms with Crippen molar-refractivity contribution in [2.45, 2.75) is 32.3 Å². The molecule has 0 rings (SSSR count). The van der Waals surface area contributed by atoms with Gasteiger partial charge in [0.15, 0.2) is 0 Å². The molecule has 0 radical (unpaired) electrons. The minimum Gasteiger partial charge on any atom is -0.481 e. The largest absolute Gasteiger partial charge is 0.481 e. The number of hydrogen-bond acceptors (Lipinski definition) is 2. The minimum absolute atomic E-state index is 0.169. The molecule has 0 fully saturated rings. The van der Waals surface area contributed by atoms with Gasteiger partial charge >= 0.3 is 5.97 Å². The Balaban J connectivity index is 3.47. The summed E-state index contributed by atoms with van der Waals surface area (Å²) in [5, 5.41) is 17.5. The smallest absolute Gasteiger partial charge is 0.305 e. The van der Waals surface area contributed by atoms with Crippen LogP contribution in [0.2, 0.25) is 0 Å². The van der Waals surface area contributed by atoms with Gasteiger partial charge in [0, 0.05) is 0 Å². The number of allylic oxidation sites excluding steroid dienone is 4. The van der Waals surface area contributed by atoms with E-state index >= 15 is 0 Å². The van der Waals surface area contributed by atoms with Gasteiger partial charge in [0.25, 0.3) is 0 Å². The van der Waals surface area contributed by atoms with Gasteiger partial charge in [0.2, 0.25) is 0 Å². The van der Waals surface area contributed by atoms with E-state index in [1.54, 1.807) is 0 Å². The van der Waals surface area contributed by atoms with Crippen LogP contribution in [0.25, 0.3) is 0 Å². The highest BCUT2D eigenvalue weighted by Crippen LogP contribution is 2.02. The van der Waals surface area contributed by atoms with Crippen molar-refractivity contribution < 1.29 is 15.0 Å². The maximum Gasteiger partial charge on any atom is 0.305 e. The van der Waals surface area contributed by atoms with Gasteiger partial charge in [-0.05, 0) is 19.8 Å². The average molecular weight is 184 g/mol. The molecule has 0 saturated carbocycles. The molecule has 1 atom stereocenters. The maximum absolute atomic E-state index is 10.2. The van der Waals surface area contributed by atoms with Gasteiger partial charge in [-0.3, -0.25) is 4.79 Å². The van der Waals surface area contributed by atoms with E-state index in [4.69, 9.17) is 10.2 Å². The van der Waals surface area contributed by atoms with E-state index in [0.717, 1.165) is 0 Å². The molecule has 0 aromatic heterocycles. The Labute approximate surface area is 78.4 Å². The number of rotatable bonds is 6. The molecule has 2 N–H and O–H groups in total. The molecule has 13 heavy (non-hydrogen) atoms. The van der Waals surface area contributed by atoms with Crippen LogP contribution in [-0.2, 0) is 4.79 Å². The quantitative estimate of drug-likeness (QED) is 0.618. The summed E-state index contributed by atoms with van der Waals surface area (Å²) in [6.07, 6.45) is 7.90. The molecular formula is C10H16O3. The van der Waals surface area contributed by atoms with E-state index in [0.29, 0.717) is 12.8 Å². The summed E-state index contributed by atoms with van der Waals surface area (Å²) in [6.45, 7) is 1.92. The predicted octanol–water partition coefficient (Wildman–Crippen LogP) is 1.73. The Hall–Kier alpha value is -1.09. The van der Waals surface area contributed by atoms with E-state index < -0.39 is 12.1 Å². The number of aliphatic hydroxyl groups excluding tert-OH is 1. The summed E-state index contributed by atoms with van der Waals surface area (Å²) < 4.78 is 0. The molecule has 0 saturated heterocycles. The lowest BCUT2D eigenvalue weighted by Gasteiger charge is -2.03. The standard InChI is InChI=1S/C10H16O3/c1-2-3-4-5-6-7-9(11)8-10(12)13/h2-5,9,11H,6-8H2,1H3,(H,12,13). The number of carbonyl (C=O) groups is 1. The van der Waals surface area contributed by atoms with Gasteiger partial charge in [0.1, 0.15) is 0 Å². The highest BCUT2D eigenvalue weighted by atomic mass is 16.4. The maximum atomic E-state index is 10.2. The third-order valence-electron chi connectivity index (χ3n) is 1.52. The summed E-state index contributed by atoms with van der Waals surface area (Å²) in [6, 6.07) is 0. The molecule has 3 heteroatoms. The van der Waals surface area contributed by atoms with Gasteiger partial charge in [0.05, 0.1) is 12.5 Å². The van der Waals surface area contributed by atoms with Crippen molar-refractivity contribution in [1.82, 2.24) is 0 Å². The molecule has 0 aliphatic heterocycles. The van der Waals surface area contributed by atoms with Crippen molar-refractivity contribution in [3.63, 3.8) is 0 Å². The van der Waals surface area contributed by atoms with Crippen molar-refractivity contribution >= 4 is 5.97 Å². The number of carboxylic acid groups (broad SMARTS) is 1. The third kappa shape index (κ3) is 8.82. The number of hydrogen-bond donors (Lipinski definition) is 2. The van der Waals surface area contributed by atoms with Crippen LogP contribution in [-0.4, -0.2) is 22.3 Å². The molecule has 0 aliphatic rings. The zero-order valence-electron chi connectivity index (χ0n) is 7.81. The fourth-order valence-electron chi connectivity index (χ4n) is 0.878. The molecule has 0 aliphatic carbocycles. The first-order chi connectivity index (χ1) is 6.16. The molecular weight excluding hydrogens is 168 g/mol. The van der Waals surface area contributed by atoms with E-state index in [-0.39, 0.29) is 6.42 Å². The highest BCUT2D eigenvalue weighted by Gasteiger charge is 2.07. The first-order valence-corrected chi connectivity index (χ1v) is 4.34. The lowest BCUT2D eigenvalue weighted by molar-refractivity contribution is -0.139. The van der Waals surface area contributed by atoms with E-state index in [9.17, 15) is 4.79 Å². The SMILES string of the molecule is CC=CC=CCCC(O)CC(=O)O. The van der Waals surface area contributed by atoms with Crippen molar-refractivity contribution in [1.29, 1.82) is 0 Å². The second-order valence-corrected chi connectivity index (χ2v) is 2.78. The number of aliphatic carboxylic acids is 1. The summed E-state index contributed by atoms with van der Waals surface area (Å²) >= 11 is 0. The molecule has 0 bridgehead atoms. The average Bonchev–Trinajstić information content (AvgIpc) is 2.02. The lowest BCUT2D eigenvalue weighted by Crippen LogP contribution is -2.11. The fraction of sp³-hybridized carbons (Fsp3) is 0.500. The van der Waals surface area contributed by atoms with Gasteiger partial charge in [-0.2, -0.15) is 0 Å². The first-order valence-electron chi connectivity index (χ1n) is 4.34. The van der Waals surface area contributed by atoms with E-state index in [1.165, 1.54) is 0 Å². The fourth-order valence-corrected chi connectivity index (χ4v) is 0.878. The molecule has 0 aromatic carbocycles. The monoisotopic (exact) mass is 184 g/mol. The molecule has 1 unspecified atom stereocenters. The summed E-state index contributed by atoms with van der Waals surface area (Å²) in [7, 11) is 0. The molecule has 3 nitrogen and oxygen atoms in total. The van der Waals surface area contributed by atoms with Crippen LogP contribution in [0, 0.1) is 0 Å². The Morgan fingerprint density at radius 2 is 2.15 bits per heavy atom. The molecule has 74 valence electrons. The molecule has 0 spiro atoms. The van der Waals surface area contributed by atoms with Crippen LogP contribution in [0.15, 0.2) is 24.3 Å². The summed E-state index contributed by atoms with van der Waals surface area (Å²) in [4.78, 5) is 10.2. The Morgan fingerprint density at radius 3 is 2.69 bits per heavy atom. The van der Waals surface area contributed by atoms with E-state index in [1.807, 2.05) is 31.2 Å². The Morgan fingerprint density at radius 1 is 1.46 bits per heavy atom. The van der Waals surface area contributed by atoms with Crippen molar-refractivity contribution in [2.75, 3.05) is 0 Å². The van der Waals surface area contributed by atoms with Crippen LogP contribution in [0.4, 0.5) is 0 Å². The molecule has 0 aromatic rings. The van der Waals surface area contributed by atoms with Crippen LogP contribution in [0.3, 0.4) is 0 Å². The topological polar surface area (TPSA) is 57.5 Å². The zero-order chi connectivity index (χ0) is 10.1. The number of carboxylic acids is 1. The summed E-state index contributed by atoms with van der Waals surface area (Å²) in [5.74, 6) is -0.954. The summed E-state index contributed by atoms with van der Waals surface area (Å²) in [5.41, 5.74) is 0. The van der Waals surface area contributed by atoms with Gasteiger partial charge in [-0.25, -0.2) is 0 Å². The van der Waals surface area contributed by atoms with E-state index in [2.05, 4.69) is 0 Å². The predicted molar refractivity (Wildman–Crippen MR) is 51.4 cm³/mol. The van der Waals surface area contributed by atoms with Gasteiger partial charge < -0.3 is 10.2 Å². The molecule has 0 heterocycles. The number of aliphatic hydroxyl groups is 1. The van der Waals surface area contributed by atoms with Gasteiger partial charge in [-0.1, -0.05) is 24.3 Å². The zero-order valence-corrected chi connectivity index (χ0v) is 7.81. The lowest BCUT2D eigenvalue weighted by atomic mass is 10.1. The van der Waals surface area contributed by atoms with Gasteiger partial charge in [-0.15, -0.1) is 0 Å². The minimum atomic E-state index is -0.954. The van der Waals surface area contributed by atoms with Crippen molar-refractivity contribution in [3.8, 4) is 0 Å². The van der Waals surface area contributed by atoms with Crippen molar-refractivity contribution in [3.05, 3.63) is 24.3 Å².